The molecule has 3 atom stereocenters. The third-order valence-electron chi connectivity index (χ3n) is 5.92. The first kappa shape index (κ1) is 22.5. The average molecular weight is 427 g/mol. The zero-order chi connectivity index (χ0) is 22.7. The number of benzene rings is 2. The first-order valence-corrected chi connectivity index (χ1v) is 10.3. The van der Waals surface area contributed by atoms with Gasteiger partial charge in [0, 0.05) is 18.7 Å². The molecule has 31 heavy (non-hydrogen) atoms. The quantitative estimate of drug-likeness (QED) is 0.733. The SMILES string of the molecule is CC[C@H](C)NC(=O)[C@H]1c2cc(OC)c(OC)cc2C(=O)N(C)[C@H]1c1ccc(OC)cc1. The van der Waals surface area contributed by atoms with Crippen molar-refractivity contribution in [3.05, 3.63) is 53.1 Å². The smallest absolute Gasteiger partial charge is 0.254 e. The largest absolute Gasteiger partial charge is 0.497 e. The lowest BCUT2D eigenvalue weighted by Gasteiger charge is -2.40. The van der Waals surface area contributed by atoms with E-state index >= 15 is 0 Å². The van der Waals surface area contributed by atoms with Gasteiger partial charge in [0.05, 0.1) is 33.3 Å². The minimum absolute atomic E-state index is 0.00976. The van der Waals surface area contributed by atoms with E-state index < -0.39 is 12.0 Å². The van der Waals surface area contributed by atoms with Crippen molar-refractivity contribution in [3.8, 4) is 17.2 Å². The molecule has 1 N–H and O–H groups in total. The van der Waals surface area contributed by atoms with Crippen LogP contribution in [-0.2, 0) is 4.79 Å². The molecular weight excluding hydrogens is 396 g/mol. The Kier molecular flexibility index (Phi) is 6.73. The number of amides is 2. The second kappa shape index (κ2) is 9.29. The standard InChI is InChI=1S/C24H30N2O5/c1-7-14(2)25-23(27)21-17-12-19(30-5)20(31-6)13-18(17)24(28)26(3)22(21)15-8-10-16(29-4)11-9-15/h8-14,21-22H,7H2,1-6H3,(H,25,27)/t14-,21-,22-/m0/s1. The van der Waals surface area contributed by atoms with Crippen LogP contribution < -0.4 is 19.5 Å². The van der Waals surface area contributed by atoms with E-state index in [9.17, 15) is 9.59 Å². The lowest BCUT2D eigenvalue weighted by molar-refractivity contribution is -0.124. The number of methoxy groups -OCH3 is 3. The number of hydrogen-bond donors (Lipinski definition) is 1. The fraction of sp³-hybridized carbons (Fsp3) is 0.417. The van der Waals surface area contributed by atoms with Gasteiger partial charge in [-0.3, -0.25) is 9.59 Å². The van der Waals surface area contributed by atoms with Gasteiger partial charge in [-0.1, -0.05) is 19.1 Å². The van der Waals surface area contributed by atoms with Crippen LogP contribution in [0.3, 0.4) is 0 Å². The number of carbonyl (C=O) groups excluding carboxylic acids is 2. The van der Waals surface area contributed by atoms with Crippen LogP contribution in [0, 0.1) is 0 Å². The van der Waals surface area contributed by atoms with Crippen LogP contribution in [0.15, 0.2) is 36.4 Å². The summed E-state index contributed by atoms with van der Waals surface area (Å²) in [5.74, 6) is 0.716. The van der Waals surface area contributed by atoms with Gasteiger partial charge >= 0.3 is 0 Å². The molecule has 1 heterocycles. The van der Waals surface area contributed by atoms with Crippen molar-refractivity contribution in [1.29, 1.82) is 0 Å². The Balaban J connectivity index is 2.19. The highest BCUT2D eigenvalue weighted by Crippen LogP contribution is 2.45. The second-order valence-electron chi connectivity index (χ2n) is 7.72. The van der Waals surface area contributed by atoms with Crippen LogP contribution >= 0.6 is 0 Å². The molecule has 2 aromatic rings. The number of fused-ring (bicyclic) bond motifs is 1. The molecule has 0 aromatic heterocycles. The van der Waals surface area contributed by atoms with E-state index in [1.807, 2.05) is 38.1 Å². The van der Waals surface area contributed by atoms with Gasteiger partial charge in [-0.15, -0.1) is 0 Å². The molecule has 0 aliphatic carbocycles. The van der Waals surface area contributed by atoms with E-state index in [-0.39, 0.29) is 17.9 Å². The highest BCUT2D eigenvalue weighted by molar-refractivity contribution is 6.02. The molecule has 0 saturated carbocycles. The van der Waals surface area contributed by atoms with Crippen LogP contribution in [0.5, 0.6) is 17.2 Å². The summed E-state index contributed by atoms with van der Waals surface area (Å²) in [6.07, 6.45) is 0.805. The average Bonchev–Trinajstić information content (AvgIpc) is 2.80. The molecule has 2 amide bonds. The Morgan fingerprint density at radius 2 is 1.68 bits per heavy atom. The number of rotatable bonds is 7. The maximum absolute atomic E-state index is 13.5. The van der Waals surface area contributed by atoms with Crippen LogP contribution in [0.1, 0.15) is 53.7 Å². The molecule has 3 rings (SSSR count). The van der Waals surface area contributed by atoms with E-state index in [1.165, 1.54) is 14.2 Å². The summed E-state index contributed by atoms with van der Waals surface area (Å²) >= 11 is 0. The Labute approximate surface area is 183 Å². The van der Waals surface area contributed by atoms with Gasteiger partial charge in [-0.25, -0.2) is 0 Å². The summed E-state index contributed by atoms with van der Waals surface area (Å²) in [6, 6.07) is 10.4. The normalized spacial score (nSPS) is 18.8. The minimum Gasteiger partial charge on any atom is -0.497 e. The summed E-state index contributed by atoms with van der Waals surface area (Å²) in [5.41, 5.74) is 1.91. The Morgan fingerprint density at radius 3 is 2.23 bits per heavy atom. The molecule has 166 valence electrons. The van der Waals surface area contributed by atoms with Gasteiger partial charge in [0.2, 0.25) is 5.91 Å². The number of ether oxygens (including phenoxy) is 3. The monoisotopic (exact) mass is 426 g/mol. The van der Waals surface area contributed by atoms with Crippen molar-refractivity contribution < 1.29 is 23.8 Å². The summed E-state index contributed by atoms with van der Waals surface area (Å²) < 4.78 is 16.1. The predicted molar refractivity (Wildman–Crippen MR) is 118 cm³/mol. The van der Waals surface area contributed by atoms with Gasteiger partial charge < -0.3 is 24.4 Å². The topological polar surface area (TPSA) is 77.1 Å². The van der Waals surface area contributed by atoms with Crippen LogP contribution in [0.4, 0.5) is 0 Å². The van der Waals surface area contributed by atoms with Gasteiger partial charge in [-0.05, 0) is 48.7 Å². The highest BCUT2D eigenvalue weighted by atomic mass is 16.5. The van der Waals surface area contributed by atoms with Crippen LogP contribution in [0.25, 0.3) is 0 Å². The van der Waals surface area contributed by atoms with Gasteiger partial charge in [0.15, 0.2) is 11.5 Å². The van der Waals surface area contributed by atoms with Crippen LogP contribution in [-0.4, -0.2) is 51.1 Å². The summed E-state index contributed by atoms with van der Waals surface area (Å²) in [4.78, 5) is 28.4. The van der Waals surface area contributed by atoms with E-state index in [1.54, 1.807) is 31.2 Å². The lowest BCUT2D eigenvalue weighted by atomic mass is 9.79. The minimum atomic E-state index is -0.611. The number of nitrogens with one attached hydrogen (secondary N) is 1. The number of nitrogens with zero attached hydrogens (tertiary/aromatic N) is 1. The van der Waals surface area contributed by atoms with Gasteiger partial charge in [-0.2, -0.15) is 0 Å². The molecule has 0 fully saturated rings. The zero-order valence-electron chi connectivity index (χ0n) is 18.9. The molecule has 2 aromatic carbocycles. The van der Waals surface area contributed by atoms with E-state index in [0.29, 0.717) is 28.4 Å². The van der Waals surface area contributed by atoms with E-state index in [0.717, 1.165) is 12.0 Å². The third kappa shape index (κ3) is 4.17. The van der Waals surface area contributed by atoms with Crippen molar-refractivity contribution in [3.63, 3.8) is 0 Å². The summed E-state index contributed by atoms with van der Waals surface area (Å²) in [6.45, 7) is 3.98. The third-order valence-corrected chi connectivity index (χ3v) is 5.92. The first-order chi connectivity index (χ1) is 14.9. The maximum atomic E-state index is 13.5. The Morgan fingerprint density at radius 1 is 1.06 bits per heavy atom. The molecule has 1 aliphatic heterocycles. The first-order valence-electron chi connectivity index (χ1n) is 10.3. The molecular formula is C24H30N2O5. The van der Waals surface area contributed by atoms with Gasteiger partial charge in [0.1, 0.15) is 5.75 Å². The van der Waals surface area contributed by atoms with E-state index in [4.69, 9.17) is 14.2 Å². The Hall–Kier alpha value is -3.22. The predicted octanol–water partition coefficient (Wildman–Crippen LogP) is 3.54. The fourth-order valence-corrected chi connectivity index (χ4v) is 3.98. The fourth-order valence-electron chi connectivity index (χ4n) is 3.98. The molecule has 0 spiro atoms. The highest BCUT2D eigenvalue weighted by Gasteiger charge is 2.43. The van der Waals surface area contributed by atoms with Crippen molar-refractivity contribution >= 4 is 11.8 Å². The molecule has 0 bridgehead atoms. The van der Waals surface area contributed by atoms with Gasteiger partial charge in [0.25, 0.3) is 5.91 Å². The lowest BCUT2D eigenvalue weighted by Crippen LogP contribution is -2.47. The van der Waals surface area contributed by atoms with Crippen molar-refractivity contribution in [1.82, 2.24) is 10.2 Å². The number of carbonyl (C=O) groups is 2. The number of hydrogen-bond acceptors (Lipinski definition) is 5. The Bertz CT molecular complexity index is 957. The zero-order valence-corrected chi connectivity index (χ0v) is 18.9. The summed E-state index contributed by atoms with van der Waals surface area (Å²) in [7, 11) is 6.38. The molecule has 7 heteroatoms. The second-order valence-corrected chi connectivity index (χ2v) is 7.72. The van der Waals surface area contributed by atoms with Crippen molar-refractivity contribution in [2.24, 2.45) is 0 Å². The summed E-state index contributed by atoms with van der Waals surface area (Å²) in [5, 5.41) is 3.09. The van der Waals surface area contributed by atoms with E-state index in [2.05, 4.69) is 5.32 Å². The van der Waals surface area contributed by atoms with Crippen molar-refractivity contribution in [2.45, 2.75) is 38.3 Å². The maximum Gasteiger partial charge on any atom is 0.254 e. The molecule has 0 radical (unpaired) electrons. The van der Waals surface area contributed by atoms with Crippen molar-refractivity contribution in [2.75, 3.05) is 28.4 Å². The molecule has 7 nitrogen and oxygen atoms in total. The molecule has 0 unspecified atom stereocenters. The molecule has 0 saturated heterocycles. The van der Waals surface area contributed by atoms with Crippen LogP contribution in [0.2, 0.25) is 0 Å². The number of likely N-dealkylation sites (N-methyl/N-ethyl adjacent to an activating group) is 1. The molecule has 1 aliphatic rings.